The third-order valence-corrected chi connectivity index (χ3v) is 3.73. The Balaban J connectivity index is 2.98. The lowest BCUT2D eigenvalue weighted by Gasteiger charge is -2.14. The van der Waals surface area contributed by atoms with Crippen LogP contribution >= 0.6 is 0 Å². The summed E-state index contributed by atoms with van der Waals surface area (Å²) < 4.78 is 46.9. The number of aromatic nitrogens is 1. The lowest BCUT2D eigenvalue weighted by atomic mass is 10.0. The fraction of sp³-hybridized carbons (Fsp3) is 0.400. The number of carbonyl (C=O) groups is 1. The van der Waals surface area contributed by atoms with E-state index in [0.29, 0.717) is 17.6 Å². The van der Waals surface area contributed by atoms with Crippen molar-refractivity contribution >= 4 is 16.9 Å². The van der Waals surface area contributed by atoms with Gasteiger partial charge in [-0.15, -0.1) is 0 Å². The monoisotopic (exact) mass is 315 g/mol. The molecule has 0 unspecified atom stereocenters. The highest BCUT2D eigenvalue weighted by Gasteiger charge is 2.38. The topological polar surface area (TPSA) is 51.5 Å². The van der Waals surface area contributed by atoms with E-state index in [1.54, 1.807) is 18.5 Å². The SMILES string of the molecule is CCc1c(CC(=O)O)c2c(C(F)(F)F)c(OC)ccc2n1C. The van der Waals surface area contributed by atoms with Gasteiger partial charge < -0.3 is 14.4 Å². The van der Waals surface area contributed by atoms with Gasteiger partial charge in [-0.2, -0.15) is 13.2 Å². The predicted molar refractivity (Wildman–Crippen MR) is 75.2 cm³/mol. The first-order chi connectivity index (χ1) is 10.2. The van der Waals surface area contributed by atoms with Crippen LogP contribution in [0.15, 0.2) is 12.1 Å². The van der Waals surface area contributed by atoms with Gasteiger partial charge in [-0.05, 0) is 24.1 Å². The van der Waals surface area contributed by atoms with Gasteiger partial charge in [0.25, 0.3) is 0 Å². The highest BCUT2D eigenvalue weighted by Crippen LogP contribution is 2.44. The fourth-order valence-electron chi connectivity index (χ4n) is 2.89. The summed E-state index contributed by atoms with van der Waals surface area (Å²) in [5, 5.41) is 8.96. The molecule has 0 fully saturated rings. The number of ether oxygens (including phenoxy) is 1. The van der Waals surface area contributed by atoms with Gasteiger partial charge in [0.2, 0.25) is 0 Å². The number of carboxylic acid groups (broad SMARTS) is 1. The van der Waals surface area contributed by atoms with E-state index in [-0.39, 0.29) is 16.7 Å². The second-order valence-electron chi connectivity index (χ2n) is 4.94. The Hall–Kier alpha value is -2.18. The number of halogens is 3. The Bertz CT molecular complexity index is 732. The summed E-state index contributed by atoms with van der Waals surface area (Å²) in [6, 6.07) is 2.78. The second-order valence-corrected chi connectivity index (χ2v) is 4.94. The number of methoxy groups -OCH3 is 1. The van der Waals surface area contributed by atoms with Crippen molar-refractivity contribution in [2.75, 3.05) is 7.11 Å². The van der Waals surface area contributed by atoms with Crippen LogP contribution in [0.4, 0.5) is 13.2 Å². The zero-order valence-corrected chi connectivity index (χ0v) is 12.4. The highest BCUT2D eigenvalue weighted by atomic mass is 19.4. The van der Waals surface area contributed by atoms with Crippen LogP contribution in [0.2, 0.25) is 0 Å². The van der Waals surface area contributed by atoms with E-state index in [9.17, 15) is 18.0 Å². The smallest absolute Gasteiger partial charge is 0.420 e. The molecule has 4 nitrogen and oxygen atoms in total. The van der Waals surface area contributed by atoms with Crippen molar-refractivity contribution in [2.24, 2.45) is 7.05 Å². The standard InChI is InChI=1S/C15H16F3NO3/c1-4-9-8(7-12(20)21)13-10(19(9)2)5-6-11(22-3)14(13)15(16,17)18/h5-6H,4,7H2,1-3H3,(H,20,21). The maximum absolute atomic E-state index is 13.5. The number of benzene rings is 1. The molecule has 2 aromatic rings. The third kappa shape index (κ3) is 2.51. The van der Waals surface area contributed by atoms with Crippen molar-refractivity contribution in [3.8, 4) is 5.75 Å². The molecule has 120 valence electrons. The van der Waals surface area contributed by atoms with Crippen LogP contribution in [0.3, 0.4) is 0 Å². The highest BCUT2D eigenvalue weighted by molar-refractivity contribution is 5.93. The van der Waals surface area contributed by atoms with Crippen LogP contribution in [-0.2, 0) is 30.9 Å². The molecule has 0 aliphatic rings. The number of aliphatic carboxylic acids is 1. The minimum absolute atomic E-state index is 0.0893. The molecule has 0 atom stereocenters. The number of fused-ring (bicyclic) bond motifs is 1. The molecule has 0 bridgehead atoms. The maximum atomic E-state index is 13.5. The Morgan fingerprint density at radius 2 is 2.00 bits per heavy atom. The quantitative estimate of drug-likeness (QED) is 0.941. The van der Waals surface area contributed by atoms with E-state index in [1.165, 1.54) is 12.1 Å². The van der Waals surface area contributed by atoms with Crippen molar-refractivity contribution in [1.29, 1.82) is 0 Å². The van der Waals surface area contributed by atoms with Gasteiger partial charge in [-0.25, -0.2) is 0 Å². The minimum Gasteiger partial charge on any atom is -0.496 e. The van der Waals surface area contributed by atoms with E-state index in [4.69, 9.17) is 9.84 Å². The zero-order chi connectivity index (χ0) is 16.7. The number of aryl methyl sites for hydroxylation is 1. The Morgan fingerprint density at radius 1 is 1.36 bits per heavy atom. The molecule has 0 radical (unpaired) electrons. The van der Waals surface area contributed by atoms with E-state index >= 15 is 0 Å². The lowest BCUT2D eigenvalue weighted by Crippen LogP contribution is -2.10. The Labute approximate surface area is 125 Å². The van der Waals surface area contributed by atoms with Gasteiger partial charge in [0.05, 0.1) is 13.5 Å². The molecule has 1 aromatic heterocycles. The summed E-state index contributed by atoms with van der Waals surface area (Å²) in [4.78, 5) is 11.1. The number of hydrogen-bond donors (Lipinski definition) is 1. The normalized spacial score (nSPS) is 11.9. The number of hydrogen-bond acceptors (Lipinski definition) is 2. The molecule has 7 heteroatoms. The van der Waals surface area contributed by atoms with Gasteiger partial charge in [0.15, 0.2) is 0 Å². The van der Waals surface area contributed by atoms with Crippen LogP contribution < -0.4 is 4.74 Å². The van der Waals surface area contributed by atoms with E-state index in [1.807, 2.05) is 0 Å². The van der Waals surface area contributed by atoms with Gasteiger partial charge in [-0.1, -0.05) is 6.92 Å². The molecule has 1 aromatic carbocycles. The summed E-state index contributed by atoms with van der Waals surface area (Å²) in [7, 11) is 2.80. The van der Waals surface area contributed by atoms with Crippen LogP contribution in [-0.4, -0.2) is 22.8 Å². The van der Waals surface area contributed by atoms with Crippen molar-refractivity contribution in [2.45, 2.75) is 25.9 Å². The van der Waals surface area contributed by atoms with Gasteiger partial charge in [0.1, 0.15) is 11.3 Å². The van der Waals surface area contributed by atoms with Crippen molar-refractivity contribution in [3.05, 3.63) is 29.0 Å². The number of carboxylic acids is 1. The molecular weight excluding hydrogens is 299 g/mol. The molecule has 1 heterocycles. The second kappa shape index (κ2) is 5.55. The molecule has 0 aliphatic carbocycles. The van der Waals surface area contributed by atoms with Crippen LogP contribution in [0, 0.1) is 0 Å². The van der Waals surface area contributed by atoms with Crippen LogP contribution in [0.1, 0.15) is 23.7 Å². The van der Waals surface area contributed by atoms with E-state index < -0.39 is 24.1 Å². The average Bonchev–Trinajstić information content (AvgIpc) is 2.68. The molecule has 22 heavy (non-hydrogen) atoms. The number of alkyl halides is 3. The molecule has 0 spiro atoms. The Kier molecular flexibility index (Phi) is 4.08. The van der Waals surface area contributed by atoms with Crippen molar-refractivity contribution in [1.82, 2.24) is 4.57 Å². The molecule has 0 saturated carbocycles. The minimum atomic E-state index is -4.63. The summed E-state index contributed by atoms with van der Waals surface area (Å²) >= 11 is 0. The molecule has 0 amide bonds. The number of nitrogens with zero attached hydrogens (tertiary/aromatic N) is 1. The van der Waals surface area contributed by atoms with Crippen LogP contribution in [0.5, 0.6) is 5.75 Å². The first-order valence-corrected chi connectivity index (χ1v) is 6.68. The predicted octanol–water partition coefficient (Wildman–Crippen LogP) is 3.40. The molecule has 2 rings (SSSR count). The number of rotatable bonds is 4. The summed E-state index contributed by atoms with van der Waals surface area (Å²) in [6.45, 7) is 1.78. The molecule has 0 aliphatic heterocycles. The summed E-state index contributed by atoms with van der Waals surface area (Å²) in [6.07, 6.45) is -4.66. The van der Waals surface area contributed by atoms with Gasteiger partial charge in [0, 0.05) is 23.6 Å². The van der Waals surface area contributed by atoms with E-state index in [2.05, 4.69) is 0 Å². The van der Waals surface area contributed by atoms with Gasteiger partial charge >= 0.3 is 12.1 Å². The van der Waals surface area contributed by atoms with Crippen LogP contribution in [0.25, 0.3) is 10.9 Å². The fourth-order valence-corrected chi connectivity index (χ4v) is 2.89. The molecular formula is C15H16F3NO3. The van der Waals surface area contributed by atoms with E-state index in [0.717, 1.165) is 7.11 Å². The largest absolute Gasteiger partial charge is 0.496 e. The maximum Gasteiger partial charge on any atom is 0.420 e. The van der Waals surface area contributed by atoms with Crippen molar-refractivity contribution in [3.63, 3.8) is 0 Å². The first kappa shape index (κ1) is 16.2. The third-order valence-electron chi connectivity index (χ3n) is 3.73. The van der Waals surface area contributed by atoms with Gasteiger partial charge in [-0.3, -0.25) is 4.79 Å². The summed E-state index contributed by atoms with van der Waals surface area (Å²) in [5.74, 6) is -1.47. The first-order valence-electron chi connectivity index (χ1n) is 6.68. The van der Waals surface area contributed by atoms with Crippen molar-refractivity contribution < 1.29 is 27.8 Å². The summed E-state index contributed by atoms with van der Waals surface area (Å²) in [5.41, 5.74) is 0.204. The average molecular weight is 315 g/mol. The zero-order valence-electron chi connectivity index (χ0n) is 12.4. The molecule has 0 saturated heterocycles. The lowest BCUT2D eigenvalue weighted by molar-refractivity contribution is -0.138. The Morgan fingerprint density at radius 3 is 2.45 bits per heavy atom. The molecule has 1 N–H and O–H groups in total.